The summed E-state index contributed by atoms with van der Waals surface area (Å²) in [5, 5.41) is 6.13. The average molecular weight is 962 g/mol. The number of hydrogen-bond acceptors (Lipinski definition) is 11. The van der Waals surface area contributed by atoms with Crippen molar-refractivity contribution < 1.29 is 24.0 Å². The van der Waals surface area contributed by atoms with Gasteiger partial charge in [0.15, 0.2) is 5.82 Å². The number of benzene rings is 1. The molecule has 13 rings (SSSR count). The topological polar surface area (TPSA) is 169 Å². The summed E-state index contributed by atoms with van der Waals surface area (Å²) in [4.78, 5) is 93.2. The van der Waals surface area contributed by atoms with E-state index in [9.17, 15) is 19.2 Å². The maximum absolute atomic E-state index is 15.2. The summed E-state index contributed by atoms with van der Waals surface area (Å²) in [6.45, 7) is 10.5. The molecule has 9 aliphatic rings. The predicted octanol–water partition coefficient (Wildman–Crippen LogP) is 6.01. The largest absolute Gasteiger partial charge is 0.366 e. The molecule has 3 saturated carbocycles. The number of nitrogens with zero attached hydrogens (tertiary/aromatic N) is 9. The number of aromatic nitrogens is 4. The summed E-state index contributed by atoms with van der Waals surface area (Å²) in [6.07, 6.45) is 15.3. The van der Waals surface area contributed by atoms with Crippen LogP contribution in [0, 0.1) is 23.7 Å². The second kappa shape index (κ2) is 17.4. The van der Waals surface area contributed by atoms with Crippen LogP contribution in [-0.4, -0.2) is 134 Å². The standard InChI is InChI=1S/C55H67N11O5/c1-32(2)65-31-57-44-27-43(59-50(49(44)65)58-36-8-9-36)34-6-11-42-45(24-34)66(38-25-37(26-38)61-18-4-3-5-19-61)54(71)55(42)16-22-63(23-17-55)53(70)48-40-29-64(30-41(40)48)52(69)33-14-20-62(21-15-33)46-12-7-35(28-56-46)39-10-13-47(67)60-51(39)68/h6-7,11-12,24,27-28,31-33,36-41,48H,3-5,8-10,13-23,25-26,29-30H2,1-2H3,(H,58,59)(H,60,67,68). The number of fused-ring (bicyclic) bond motifs is 4. The van der Waals surface area contributed by atoms with E-state index >= 15 is 4.79 Å². The van der Waals surface area contributed by atoms with Crippen LogP contribution in [0.2, 0.25) is 0 Å². The number of piperidine rings is 5. The number of pyridine rings is 2. The highest BCUT2D eigenvalue weighted by molar-refractivity contribution is 6.09. The second-order valence-electron chi connectivity index (χ2n) is 22.9. The number of nitrogens with one attached hydrogen (secondary N) is 2. The maximum atomic E-state index is 15.2. The number of imidazole rings is 1. The van der Waals surface area contributed by atoms with Crippen LogP contribution >= 0.6 is 0 Å². The minimum Gasteiger partial charge on any atom is -0.366 e. The first kappa shape index (κ1) is 45.0. The molecule has 1 aromatic carbocycles. The van der Waals surface area contributed by atoms with Gasteiger partial charge in [-0.2, -0.15) is 0 Å². The van der Waals surface area contributed by atoms with Crippen LogP contribution in [0.3, 0.4) is 0 Å². The Kier molecular flexibility index (Phi) is 11.0. The highest BCUT2D eigenvalue weighted by atomic mass is 16.2. The quantitative estimate of drug-likeness (QED) is 0.179. The van der Waals surface area contributed by atoms with Gasteiger partial charge in [0.1, 0.15) is 11.3 Å². The number of hydrogen-bond donors (Lipinski definition) is 2. The Morgan fingerprint density at radius 2 is 1.56 bits per heavy atom. The van der Waals surface area contributed by atoms with Crippen molar-refractivity contribution in [1.29, 1.82) is 0 Å². The third-order valence-electron chi connectivity index (χ3n) is 18.4. The van der Waals surface area contributed by atoms with Crippen molar-refractivity contribution in [2.24, 2.45) is 23.7 Å². The first-order valence-corrected chi connectivity index (χ1v) is 27.0. The Morgan fingerprint density at radius 1 is 0.803 bits per heavy atom. The molecular formula is C55H67N11O5. The number of amides is 5. The highest BCUT2D eigenvalue weighted by Crippen LogP contribution is 2.55. The molecule has 5 saturated heterocycles. The van der Waals surface area contributed by atoms with Gasteiger partial charge in [0, 0.05) is 99.1 Å². The molecular weight excluding hydrogens is 895 g/mol. The third kappa shape index (κ3) is 7.79. The van der Waals surface area contributed by atoms with Gasteiger partial charge >= 0.3 is 0 Å². The Labute approximate surface area is 415 Å². The summed E-state index contributed by atoms with van der Waals surface area (Å²) in [5.74, 6) is 1.78. The normalized spacial score (nSPS) is 28.6. The van der Waals surface area contributed by atoms with E-state index in [1.807, 2.05) is 28.3 Å². The molecule has 71 heavy (non-hydrogen) atoms. The highest BCUT2D eigenvalue weighted by Gasteiger charge is 2.62. The van der Waals surface area contributed by atoms with Gasteiger partial charge < -0.3 is 34.4 Å². The Morgan fingerprint density at radius 3 is 2.25 bits per heavy atom. The summed E-state index contributed by atoms with van der Waals surface area (Å²) in [7, 11) is 0. The van der Waals surface area contributed by atoms with Crippen molar-refractivity contribution in [3.63, 3.8) is 0 Å². The molecule has 0 bridgehead atoms. The molecule has 372 valence electrons. The Bertz CT molecular complexity index is 2780. The van der Waals surface area contributed by atoms with E-state index in [-0.39, 0.29) is 71.2 Å². The number of anilines is 3. The molecule has 16 heteroatoms. The molecule has 8 fully saturated rings. The van der Waals surface area contributed by atoms with E-state index in [1.54, 1.807) is 6.20 Å². The molecule has 3 aromatic heterocycles. The smallest absolute Gasteiger partial charge is 0.238 e. The van der Waals surface area contributed by atoms with Crippen LogP contribution < -0.4 is 20.4 Å². The van der Waals surface area contributed by atoms with E-state index in [4.69, 9.17) is 9.97 Å². The molecule has 3 unspecified atom stereocenters. The zero-order chi connectivity index (χ0) is 48.3. The lowest BCUT2D eigenvalue weighted by atomic mass is 9.73. The van der Waals surface area contributed by atoms with Crippen molar-refractivity contribution >= 4 is 57.9 Å². The minimum atomic E-state index is -0.666. The lowest BCUT2D eigenvalue weighted by Crippen LogP contribution is -2.58. The van der Waals surface area contributed by atoms with Gasteiger partial charge in [-0.15, -0.1) is 0 Å². The van der Waals surface area contributed by atoms with Crippen LogP contribution in [0.25, 0.3) is 22.3 Å². The predicted molar refractivity (Wildman–Crippen MR) is 269 cm³/mol. The number of carbonyl (C=O) groups is 5. The van der Waals surface area contributed by atoms with E-state index in [1.165, 1.54) is 19.3 Å². The number of rotatable bonds is 10. The number of imide groups is 1. The van der Waals surface area contributed by atoms with Gasteiger partial charge in [0.2, 0.25) is 29.5 Å². The first-order chi connectivity index (χ1) is 34.5. The summed E-state index contributed by atoms with van der Waals surface area (Å²) in [5.41, 5.74) is 6.07. The Balaban J connectivity index is 0.663. The summed E-state index contributed by atoms with van der Waals surface area (Å²) in [6, 6.07) is 13.9. The van der Waals surface area contributed by atoms with E-state index < -0.39 is 5.41 Å². The SMILES string of the molecule is CC(C)n1cnc2cc(-c3ccc4c(c3)N(C3CC(N5CCCCC5)C3)C(=O)C43CCN(C(=O)C4C5CN(C(=O)C6CCN(c7ccc(C8CCC(=O)NC8=O)cn7)CC6)CC54)CC3)nc(NC3CC3)c21. The molecule has 6 aliphatic heterocycles. The van der Waals surface area contributed by atoms with E-state index in [2.05, 4.69) is 73.0 Å². The second-order valence-corrected chi connectivity index (χ2v) is 22.9. The zero-order valence-electron chi connectivity index (χ0n) is 41.2. The number of carbonyl (C=O) groups excluding carboxylic acids is 5. The minimum absolute atomic E-state index is 0.0479. The third-order valence-corrected chi connectivity index (χ3v) is 18.4. The van der Waals surface area contributed by atoms with Crippen LogP contribution in [0.15, 0.2) is 48.9 Å². The van der Waals surface area contributed by atoms with Gasteiger partial charge in [0.25, 0.3) is 0 Å². The molecule has 9 heterocycles. The first-order valence-electron chi connectivity index (χ1n) is 27.0. The van der Waals surface area contributed by atoms with Crippen molar-refractivity contribution in [2.45, 2.75) is 133 Å². The number of likely N-dealkylation sites (tertiary alicyclic amines) is 3. The Hall–Kier alpha value is -5.90. The molecule has 1 spiro atoms. The summed E-state index contributed by atoms with van der Waals surface area (Å²) < 4.78 is 2.20. The molecule has 2 N–H and O–H groups in total. The lowest BCUT2D eigenvalue weighted by Gasteiger charge is -2.48. The van der Waals surface area contributed by atoms with Crippen LogP contribution in [0.5, 0.6) is 0 Å². The fraction of sp³-hybridized carbons (Fsp3) is 0.600. The van der Waals surface area contributed by atoms with Gasteiger partial charge in [-0.3, -0.25) is 29.3 Å². The van der Waals surface area contributed by atoms with Crippen molar-refractivity contribution in [3.05, 3.63) is 60.0 Å². The van der Waals surface area contributed by atoms with E-state index in [0.29, 0.717) is 63.9 Å². The molecule has 5 amide bonds. The van der Waals surface area contributed by atoms with Gasteiger partial charge in [-0.25, -0.2) is 15.0 Å². The van der Waals surface area contributed by atoms with Gasteiger partial charge in [0.05, 0.1) is 28.9 Å². The van der Waals surface area contributed by atoms with Crippen molar-refractivity contribution in [1.82, 2.24) is 39.5 Å². The fourth-order valence-corrected chi connectivity index (χ4v) is 13.9. The average Bonchev–Trinajstić information content (AvgIpc) is 4.19. The molecule has 3 aliphatic carbocycles. The monoisotopic (exact) mass is 962 g/mol. The summed E-state index contributed by atoms with van der Waals surface area (Å²) >= 11 is 0. The van der Waals surface area contributed by atoms with Crippen LogP contribution in [-0.2, 0) is 29.4 Å². The molecule has 4 aromatic rings. The van der Waals surface area contributed by atoms with Crippen LogP contribution in [0.1, 0.15) is 120 Å². The molecule has 0 radical (unpaired) electrons. The molecule has 16 nitrogen and oxygen atoms in total. The maximum Gasteiger partial charge on any atom is 0.238 e. The van der Waals surface area contributed by atoms with Gasteiger partial charge in [-0.05, 0) is 139 Å². The molecule has 3 atom stereocenters. The van der Waals surface area contributed by atoms with E-state index in [0.717, 1.165) is 115 Å². The van der Waals surface area contributed by atoms with Crippen molar-refractivity contribution in [3.8, 4) is 11.3 Å². The van der Waals surface area contributed by atoms with Crippen LogP contribution in [0.4, 0.5) is 17.3 Å². The van der Waals surface area contributed by atoms with Gasteiger partial charge in [-0.1, -0.05) is 24.6 Å². The lowest BCUT2D eigenvalue weighted by molar-refractivity contribution is -0.140. The fourth-order valence-electron chi connectivity index (χ4n) is 13.9. The zero-order valence-corrected chi connectivity index (χ0v) is 41.2. The van der Waals surface area contributed by atoms with Crippen molar-refractivity contribution in [2.75, 3.05) is 67.5 Å².